The highest BCUT2D eigenvalue weighted by Gasteiger charge is 2.14. The first-order chi connectivity index (χ1) is 15.6. The quantitative estimate of drug-likeness (QED) is 0.454. The summed E-state index contributed by atoms with van der Waals surface area (Å²) in [5.41, 5.74) is 4.65. The van der Waals surface area contributed by atoms with E-state index in [0.717, 1.165) is 28.0 Å². The number of methoxy groups -OCH3 is 1. The summed E-state index contributed by atoms with van der Waals surface area (Å²) < 4.78 is 18.7. The average molecular weight is 427 g/mol. The predicted octanol–water partition coefficient (Wildman–Crippen LogP) is 4.93. The number of rotatable bonds is 7. The summed E-state index contributed by atoms with van der Waals surface area (Å²) in [5, 5.41) is 2.94. The number of benzene rings is 2. The van der Waals surface area contributed by atoms with Gasteiger partial charge >= 0.3 is 0 Å². The van der Waals surface area contributed by atoms with E-state index in [4.69, 9.17) is 4.74 Å². The molecule has 5 nitrogen and oxygen atoms in total. The lowest BCUT2D eigenvalue weighted by Crippen LogP contribution is -2.25. The Bertz CT molecular complexity index is 1190. The standard InChI is InChI=1S/C26H22FN3O2/c1-32-23-8-4-19(5-9-23)24-16-21(17-30-25(24)20-2-6-22(27)7-3-20)26(31)29-15-12-18-10-13-28-14-11-18/h2-11,13-14,16-17H,12,15H2,1H3,(H,29,31). The largest absolute Gasteiger partial charge is 0.497 e. The molecule has 1 N–H and O–H groups in total. The number of pyridine rings is 2. The molecule has 0 saturated carbocycles. The molecule has 2 heterocycles. The normalized spacial score (nSPS) is 10.6. The molecule has 6 heteroatoms. The Balaban J connectivity index is 1.62. The van der Waals surface area contributed by atoms with Gasteiger partial charge in [-0.3, -0.25) is 14.8 Å². The average Bonchev–Trinajstić information content (AvgIpc) is 2.85. The van der Waals surface area contributed by atoms with Crippen molar-refractivity contribution in [1.29, 1.82) is 0 Å². The van der Waals surface area contributed by atoms with Gasteiger partial charge in [-0.2, -0.15) is 0 Å². The molecule has 0 bridgehead atoms. The summed E-state index contributed by atoms with van der Waals surface area (Å²) in [4.78, 5) is 21.3. The molecule has 0 fully saturated rings. The van der Waals surface area contributed by atoms with Gasteiger partial charge in [0.05, 0.1) is 18.4 Å². The molecule has 32 heavy (non-hydrogen) atoms. The number of aromatic nitrogens is 2. The fraction of sp³-hybridized carbons (Fsp3) is 0.115. The van der Waals surface area contributed by atoms with Crippen LogP contribution >= 0.6 is 0 Å². The number of halogens is 1. The van der Waals surface area contributed by atoms with E-state index in [1.54, 1.807) is 37.8 Å². The lowest BCUT2D eigenvalue weighted by atomic mass is 9.97. The Morgan fingerprint density at radius 1 is 0.969 bits per heavy atom. The molecule has 0 spiro atoms. The van der Waals surface area contributed by atoms with Crippen LogP contribution in [-0.4, -0.2) is 29.5 Å². The van der Waals surface area contributed by atoms with E-state index in [1.807, 2.05) is 42.5 Å². The fourth-order valence-electron chi connectivity index (χ4n) is 3.39. The summed E-state index contributed by atoms with van der Waals surface area (Å²) in [5.74, 6) is 0.215. The summed E-state index contributed by atoms with van der Waals surface area (Å²) in [6.45, 7) is 0.500. The highest BCUT2D eigenvalue weighted by molar-refractivity contribution is 5.96. The number of amides is 1. The molecule has 0 saturated heterocycles. The van der Waals surface area contributed by atoms with Crippen molar-refractivity contribution >= 4 is 5.91 Å². The van der Waals surface area contributed by atoms with Gasteiger partial charge in [-0.15, -0.1) is 0 Å². The van der Waals surface area contributed by atoms with E-state index in [1.165, 1.54) is 12.1 Å². The maximum atomic E-state index is 13.4. The van der Waals surface area contributed by atoms with E-state index in [0.29, 0.717) is 24.2 Å². The minimum absolute atomic E-state index is 0.202. The predicted molar refractivity (Wildman–Crippen MR) is 122 cm³/mol. The van der Waals surface area contributed by atoms with Gasteiger partial charge in [-0.1, -0.05) is 12.1 Å². The van der Waals surface area contributed by atoms with Gasteiger partial charge in [0, 0.05) is 36.3 Å². The molecule has 1 amide bonds. The Hall–Kier alpha value is -4.06. The Labute approximate surface area is 185 Å². The highest BCUT2D eigenvalue weighted by atomic mass is 19.1. The number of nitrogens with zero attached hydrogens (tertiary/aromatic N) is 2. The maximum Gasteiger partial charge on any atom is 0.252 e. The molecule has 2 aromatic heterocycles. The fourth-order valence-corrected chi connectivity index (χ4v) is 3.39. The van der Waals surface area contributed by atoms with Crippen molar-refractivity contribution in [2.45, 2.75) is 6.42 Å². The lowest BCUT2D eigenvalue weighted by Gasteiger charge is -2.13. The first kappa shape index (κ1) is 21.2. The summed E-state index contributed by atoms with van der Waals surface area (Å²) in [6.07, 6.45) is 5.72. The van der Waals surface area contributed by atoms with E-state index < -0.39 is 0 Å². The Kier molecular flexibility index (Phi) is 6.51. The van der Waals surface area contributed by atoms with E-state index in [-0.39, 0.29) is 11.7 Å². The lowest BCUT2D eigenvalue weighted by molar-refractivity contribution is 0.0954. The van der Waals surface area contributed by atoms with Crippen molar-refractivity contribution in [3.05, 3.63) is 102 Å². The first-order valence-electron chi connectivity index (χ1n) is 10.2. The number of hydrogen-bond acceptors (Lipinski definition) is 4. The van der Waals surface area contributed by atoms with Crippen molar-refractivity contribution in [3.8, 4) is 28.1 Å². The van der Waals surface area contributed by atoms with Crippen molar-refractivity contribution in [1.82, 2.24) is 15.3 Å². The monoisotopic (exact) mass is 427 g/mol. The minimum atomic E-state index is -0.315. The second-order valence-electron chi connectivity index (χ2n) is 7.22. The number of hydrogen-bond donors (Lipinski definition) is 1. The molecular formula is C26H22FN3O2. The van der Waals surface area contributed by atoms with Gasteiger partial charge in [0.15, 0.2) is 0 Å². The zero-order valence-electron chi connectivity index (χ0n) is 17.6. The van der Waals surface area contributed by atoms with Gasteiger partial charge < -0.3 is 10.1 Å². The first-order valence-corrected chi connectivity index (χ1v) is 10.2. The zero-order chi connectivity index (χ0) is 22.3. The molecule has 4 rings (SSSR count). The van der Waals surface area contributed by atoms with Crippen LogP contribution in [-0.2, 0) is 6.42 Å². The van der Waals surface area contributed by atoms with Crippen molar-refractivity contribution < 1.29 is 13.9 Å². The van der Waals surface area contributed by atoms with Crippen molar-refractivity contribution in [3.63, 3.8) is 0 Å². The van der Waals surface area contributed by atoms with Crippen molar-refractivity contribution in [2.24, 2.45) is 0 Å². The molecule has 0 unspecified atom stereocenters. The smallest absolute Gasteiger partial charge is 0.252 e. The third-order valence-corrected chi connectivity index (χ3v) is 5.12. The van der Waals surface area contributed by atoms with Crippen LogP contribution in [0.5, 0.6) is 5.75 Å². The number of ether oxygens (including phenoxy) is 1. The molecule has 0 aliphatic heterocycles. The van der Waals surface area contributed by atoms with E-state index in [2.05, 4.69) is 15.3 Å². The maximum absolute atomic E-state index is 13.4. The highest BCUT2D eigenvalue weighted by Crippen LogP contribution is 2.32. The molecule has 0 radical (unpaired) electrons. The summed E-state index contributed by atoms with van der Waals surface area (Å²) in [7, 11) is 1.61. The van der Waals surface area contributed by atoms with Crippen LogP contribution in [0.4, 0.5) is 4.39 Å². The van der Waals surface area contributed by atoms with Crippen LogP contribution in [0.2, 0.25) is 0 Å². The van der Waals surface area contributed by atoms with Gasteiger partial charge in [-0.05, 0) is 72.1 Å². The van der Waals surface area contributed by atoms with Crippen LogP contribution in [0.25, 0.3) is 22.4 Å². The van der Waals surface area contributed by atoms with Crippen molar-refractivity contribution in [2.75, 3.05) is 13.7 Å². The summed E-state index contributed by atoms with van der Waals surface area (Å²) >= 11 is 0. The van der Waals surface area contributed by atoms with Crippen LogP contribution in [0.3, 0.4) is 0 Å². The second-order valence-corrected chi connectivity index (χ2v) is 7.22. The summed E-state index contributed by atoms with van der Waals surface area (Å²) in [6, 6.07) is 19.3. The molecule has 0 atom stereocenters. The molecular weight excluding hydrogens is 405 g/mol. The molecule has 0 aliphatic carbocycles. The Morgan fingerprint density at radius 3 is 2.34 bits per heavy atom. The second kappa shape index (κ2) is 9.83. The number of carbonyl (C=O) groups excluding carboxylic acids is 1. The van der Waals surface area contributed by atoms with Crippen LogP contribution in [0, 0.1) is 5.82 Å². The molecule has 0 aliphatic rings. The van der Waals surface area contributed by atoms with Crippen LogP contribution in [0.15, 0.2) is 85.3 Å². The zero-order valence-corrected chi connectivity index (χ0v) is 17.6. The van der Waals surface area contributed by atoms with Gasteiger partial charge in [-0.25, -0.2) is 4.39 Å². The topological polar surface area (TPSA) is 64.1 Å². The van der Waals surface area contributed by atoms with Crippen LogP contribution < -0.4 is 10.1 Å². The van der Waals surface area contributed by atoms with Gasteiger partial charge in [0.1, 0.15) is 11.6 Å². The van der Waals surface area contributed by atoms with E-state index in [9.17, 15) is 9.18 Å². The number of carbonyl (C=O) groups is 1. The number of nitrogens with one attached hydrogen (secondary N) is 1. The molecule has 2 aromatic carbocycles. The SMILES string of the molecule is COc1ccc(-c2cc(C(=O)NCCc3ccncc3)cnc2-c2ccc(F)cc2)cc1. The van der Waals surface area contributed by atoms with Gasteiger partial charge in [0.25, 0.3) is 5.91 Å². The third kappa shape index (κ3) is 4.98. The van der Waals surface area contributed by atoms with Crippen LogP contribution in [0.1, 0.15) is 15.9 Å². The third-order valence-electron chi connectivity index (χ3n) is 5.12. The Morgan fingerprint density at radius 2 is 1.66 bits per heavy atom. The molecule has 4 aromatic rings. The minimum Gasteiger partial charge on any atom is -0.497 e. The molecule has 160 valence electrons. The van der Waals surface area contributed by atoms with Gasteiger partial charge in [0.2, 0.25) is 0 Å². The van der Waals surface area contributed by atoms with E-state index >= 15 is 0 Å².